The van der Waals surface area contributed by atoms with Gasteiger partial charge in [-0.05, 0) is 42.5 Å². The molecule has 0 aromatic heterocycles. The molecule has 1 aromatic rings. The van der Waals surface area contributed by atoms with Crippen molar-refractivity contribution in [2.45, 2.75) is 65.3 Å². The molecule has 0 saturated heterocycles. The molecular formula is C19H34O2Si. The first-order valence-corrected chi connectivity index (χ1v) is 11.4. The third-order valence-corrected chi connectivity index (χ3v) is 9.13. The highest BCUT2D eigenvalue weighted by atomic mass is 28.4. The van der Waals surface area contributed by atoms with Crippen LogP contribution in [0, 0.1) is 5.92 Å². The first-order valence-electron chi connectivity index (χ1n) is 8.48. The van der Waals surface area contributed by atoms with Gasteiger partial charge in [0.1, 0.15) is 0 Å². The fourth-order valence-electron chi connectivity index (χ4n) is 1.95. The summed E-state index contributed by atoms with van der Waals surface area (Å²) in [5.41, 5.74) is 1.25. The van der Waals surface area contributed by atoms with E-state index in [-0.39, 0.29) is 0 Å². The third kappa shape index (κ3) is 7.08. The molecule has 0 unspecified atom stereocenters. The van der Waals surface area contributed by atoms with E-state index in [1.54, 1.807) is 0 Å². The topological polar surface area (TPSA) is 18.5 Å². The fourth-order valence-corrected chi connectivity index (χ4v) is 3.08. The Morgan fingerprint density at radius 3 is 2.32 bits per heavy atom. The molecule has 0 spiro atoms. The van der Waals surface area contributed by atoms with Crippen molar-refractivity contribution in [1.82, 2.24) is 0 Å². The fraction of sp³-hybridized carbons (Fsp3) is 0.684. The lowest BCUT2D eigenvalue weighted by atomic mass is 10.1. The van der Waals surface area contributed by atoms with Crippen LogP contribution in [-0.4, -0.2) is 21.5 Å². The van der Waals surface area contributed by atoms with Crippen LogP contribution in [0.5, 0.6) is 0 Å². The van der Waals surface area contributed by atoms with Crippen molar-refractivity contribution in [2.75, 3.05) is 13.2 Å². The molecule has 0 amide bonds. The Balaban J connectivity index is 2.12. The predicted molar refractivity (Wildman–Crippen MR) is 97.6 cm³/mol. The molecule has 0 radical (unpaired) electrons. The summed E-state index contributed by atoms with van der Waals surface area (Å²) in [4.78, 5) is 0. The molecule has 1 rings (SSSR count). The molecule has 0 aliphatic rings. The molecule has 0 N–H and O–H groups in total. The van der Waals surface area contributed by atoms with Gasteiger partial charge in [-0.3, -0.25) is 0 Å². The van der Waals surface area contributed by atoms with Crippen LogP contribution in [0.4, 0.5) is 0 Å². The minimum atomic E-state index is -1.60. The van der Waals surface area contributed by atoms with E-state index in [0.717, 1.165) is 26.2 Å². The summed E-state index contributed by atoms with van der Waals surface area (Å²) in [5, 5.41) is 0.297. The van der Waals surface area contributed by atoms with Gasteiger partial charge in [0.05, 0.1) is 6.61 Å². The normalized spacial score (nSPS) is 14.1. The van der Waals surface area contributed by atoms with Crippen LogP contribution in [0.3, 0.4) is 0 Å². The highest BCUT2D eigenvalue weighted by molar-refractivity contribution is 6.74. The molecule has 1 atom stereocenters. The van der Waals surface area contributed by atoms with Gasteiger partial charge < -0.3 is 9.16 Å². The molecule has 0 fully saturated rings. The Labute approximate surface area is 138 Å². The maximum absolute atomic E-state index is 6.28. The van der Waals surface area contributed by atoms with Gasteiger partial charge in [-0.15, -0.1) is 0 Å². The zero-order valence-corrected chi connectivity index (χ0v) is 16.3. The Hall–Kier alpha value is -0.643. The number of ether oxygens (including phenoxy) is 1. The van der Waals surface area contributed by atoms with Crippen LogP contribution in [0.25, 0.3) is 0 Å². The Kier molecular flexibility index (Phi) is 7.81. The highest BCUT2D eigenvalue weighted by Gasteiger charge is 2.37. The van der Waals surface area contributed by atoms with Gasteiger partial charge in [0.15, 0.2) is 8.32 Å². The third-order valence-electron chi connectivity index (χ3n) is 4.63. The molecular weight excluding hydrogens is 288 g/mol. The summed E-state index contributed by atoms with van der Waals surface area (Å²) < 4.78 is 12.0. The molecule has 1 aromatic carbocycles. The first-order chi connectivity index (χ1) is 10.2. The summed E-state index contributed by atoms with van der Waals surface area (Å²) >= 11 is 0. The Bertz CT molecular complexity index is 409. The van der Waals surface area contributed by atoms with E-state index in [2.05, 4.69) is 65.1 Å². The summed E-state index contributed by atoms with van der Waals surface area (Å²) in [6.45, 7) is 16.2. The predicted octanol–water partition coefficient (Wildman–Crippen LogP) is 5.64. The zero-order chi connectivity index (χ0) is 16.6. The second kappa shape index (κ2) is 8.85. The van der Waals surface area contributed by atoms with Gasteiger partial charge in [0.25, 0.3) is 0 Å². The second-order valence-electron chi connectivity index (χ2n) is 7.86. The monoisotopic (exact) mass is 322 g/mol. The van der Waals surface area contributed by atoms with E-state index in [9.17, 15) is 0 Å². The van der Waals surface area contributed by atoms with Crippen LogP contribution in [0.2, 0.25) is 18.1 Å². The van der Waals surface area contributed by atoms with Crippen molar-refractivity contribution < 1.29 is 9.16 Å². The van der Waals surface area contributed by atoms with E-state index in [4.69, 9.17) is 9.16 Å². The molecule has 0 aliphatic carbocycles. The van der Waals surface area contributed by atoms with Crippen molar-refractivity contribution in [2.24, 2.45) is 5.92 Å². The van der Waals surface area contributed by atoms with Gasteiger partial charge in [-0.25, -0.2) is 0 Å². The van der Waals surface area contributed by atoms with Crippen LogP contribution in [-0.2, 0) is 15.8 Å². The largest absolute Gasteiger partial charge is 0.417 e. The molecule has 22 heavy (non-hydrogen) atoms. The molecule has 0 bridgehead atoms. The molecule has 0 saturated carbocycles. The number of rotatable bonds is 9. The SMILES string of the molecule is C[C@@H](CCCOCc1ccccc1)CO[Si](C)(C)C(C)(C)C. The van der Waals surface area contributed by atoms with Gasteiger partial charge >= 0.3 is 0 Å². The van der Waals surface area contributed by atoms with Crippen LogP contribution >= 0.6 is 0 Å². The smallest absolute Gasteiger partial charge is 0.191 e. The first kappa shape index (κ1) is 19.4. The highest BCUT2D eigenvalue weighted by Crippen LogP contribution is 2.36. The van der Waals surface area contributed by atoms with Crippen molar-refractivity contribution in [3.63, 3.8) is 0 Å². The van der Waals surface area contributed by atoms with E-state index >= 15 is 0 Å². The van der Waals surface area contributed by atoms with Gasteiger partial charge in [0, 0.05) is 13.2 Å². The molecule has 126 valence electrons. The second-order valence-corrected chi connectivity index (χ2v) is 12.7. The minimum absolute atomic E-state index is 0.297. The van der Waals surface area contributed by atoms with Gasteiger partial charge in [-0.1, -0.05) is 58.0 Å². The molecule has 0 aliphatic heterocycles. The average molecular weight is 323 g/mol. The lowest BCUT2D eigenvalue weighted by Gasteiger charge is -2.37. The summed E-state index contributed by atoms with van der Waals surface area (Å²) in [5.74, 6) is 0.606. The zero-order valence-electron chi connectivity index (χ0n) is 15.3. The van der Waals surface area contributed by atoms with Crippen LogP contribution in [0.15, 0.2) is 30.3 Å². The summed E-state index contributed by atoms with van der Waals surface area (Å²) in [7, 11) is -1.60. The molecule has 3 heteroatoms. The van der Waals surface area contributed by atoms with E-state index in [1.807, 2.05) is 6.07 Å². The Morgan fingerprint density at radius 1 is 1.09 bits per heavy atom. The maximum atomic E-state index is 6.28. The average Bonchev–Trinajstić information content (AvgIpc) is 2.45. The standard InChI is InChI=1S/C19H34O2Si/c1-17(15-21-22(5,6)19(2,3)4)11-10-14-20-16-18-12-8-7-9-13-18/h7-9,12-13,17H,10-11,14-16H2,1-6H3/t17-/m0/s1. The van der Waals surface area contributed by atoms with E-state index < -0.39 is 8.32 Å². The van der Waals surface area contributed by atoms with Crippen LogP contribution < -0.4 is 0 Å². The quantitative estimate of drug-likeness (QED) is 0.432. The Morgan fingerprint density at radius 2 is 1.73 bits per heavy atom. The van der Waals surface area contributed by atoms with E-state index in [1.165, 1.54) is 12.0 Å². The van der Waals surface area contributed by atoms with Crippen molar-refractivity contribution >= 4 is 8.32 Å². The summed E-state index contributed by atoms with van der Waals surface area (Å²) in [6.07, 6.45) is 2.28. The van der Waals surface area contributed by atoms with Crippen molar-refractivity contribution in [1.29, 1.82) is 0 Å². The minimum Gasteiger partial charge on any atom is -0.417 e. The number of hydrogen-bond donors (Lipinski definition) is 0. The lowest BCUT2D eigenvalue weighted by Crippen LogP contribution is -2.41. The summed E-state index contributed by atoms with van der Waals surface area (Å²) in [6, 6.07) is 10.4. The maximum Gasteiger partial charge on any atom is 0.191 e. The number of hydrogen-bond acceptors (Lipinski definition) is 2. The van der Waals surface area contributed by atoms with E-state index in [0.29, 0.717) is 11.0 Å². The lowest BCUT2D eigenvalue weighted by molar-refractivity contribution is 0.111. The van der Waals surface area contributed by atoms with Crippen molar-refractivity contribution in [3.8, 4) is 0 Å². The van der Waals surface area contributed by atoms with Gasteiger partial charge in [-0.2, -0.15) is 0 Å². The number of benzene rings is 1. The van der Waals surface area contributed by atoms with Gasteiger partial charge in [0.2, 0.25) is 0 Å². The van der Waals surface area contributed by atoms with Crippen LogP contribution in [0.1, 0.15) is 46.1 Å². The molecule has 0 heterocycles. The molecule has 2 nitrogen and oxygen atoms in total. The van der Waals surface area contributed by atoms with Crippen molar-refractivity contribution in [3.05, 3.63) is 35.9 Å².